The van der Waals surface area contributed by atoms with Crippen molar-refractivity contribution in [3.63, 3.8) is 0 Å². The number of piperazine rings is 1. The molecule has 2 rings (SSSR count). The summed E-state index contributed by atoms with van der Waals surface area (Å²) in [5.41, 5.74) is 2.09. The molecule has 104 valence electrons. The fraction of sp³-hybridized carbons (Fsp3) is 0.500. The second-order valence-corrected chi connectivity index (χ2v) is 5.03. The summed E-state index contributed by atoms with van der Waals surface area (Å²) < 4.78 is 0. The van der Waals surface area contributed by atoms with Crippen LogP contribution in [-0.4, -0.2) is 60.6 Å². The molecule has 1 aromatic carbocycles. The molecule has 0 bridgehead atoms. The summed E-state index contributed by atoms with van der Waals surface area (Å²) in [5, 5.41) is 11.6. The van der Waals surface area contributed by atoms with Gasteiger partial charge in [-0.05, 0) is 24.7 Å². The van der Waals surface area contributed by atoms with E-state index in [-0.39, 0.29) is 6.54 Å². The molecule has 0 aromatic heterocycles. The van der Waals surface area contributed by atoms with Crippen LogP contribution in [0.1, 0.15) is 5.56 Å². The highest BCUT2D eigenvalue weighted by Crippen LogP contribution is 2.13. The normalized spacial score (nSPS) is 17.3. The van der Waals surface area contributed by atoms with Gasteiger partial charge in [-0.25, -0.2) is 0 Å². The van der Waals surface area contributed by atoms with Crippen molar-refractivity contribution in [2.75, 3.05) is 45.1 Å². The minimum absolute atomic E-state index is 0.0437. The first-order valence-corrected chi connectivity index (χ1v) is 6.59. The second-order valence-electron chi connectivity index (χ2n) is 5.03. The number of carboxylic acid groups (broad SMARTS) is 1. The Morgan fingerprint density at radius 3 is 2.74 bits per heavy atom. The van der Waals surface area contributed by atoms with Crippen molar-refractivity contribution in [1.82, 2.24) is 9.80 Å². The molecule has 0 spiro atoms. The van der Waals surface area contributed by atoms with Crippen molar-refractivity contribution >= 4 is 11.7 Å². The molecule has 5 nitrogen and oxygen atoms in total. The fourth-order valence-electron chi connectivity index (χ4n) is 2.22. The van der Waals surface area contributed by atoms with Crippen LogP contribution in [0.15, 0.2) is 24.3 Å². The molecule has 19 heavy (non-hydrogen) atoms. The highest BCUT2D eigenvalue weighted by Gasteiger charge is 2.13. The van der Waals surface area contributed by atoms with Gasteiger partial charge in [-0.15, -0.1) is 0 Å². The number of rotatable bonds is 5. The van der Waals surface area contributed by atoms with Crippen LogP contribution in [0, 0.1) is 0 Å². The molecule has 0 atom stereocenters. The minimum Gasteiger partial charge on any atom is -0.480 e. The van der Waals surface area contributed by atoms with E-state index >= 15 is 0 Å². The molecular formula is C14H21N3O2. The smallest absolute Gasteiger partial charge is 0.322 e. The Morgan fingerprint density at radius 2 is 2.05 bits per heavy atom. The van der Waals surface area contributed by atoms with Crippen LogP contribution in [-0.2, 0) is 11.3 Å². The molecule has 0 aliphatic carbocycles. The summed E-state index contributed by atoms with van der Waals surface area (Å²) >= 11 is 0. The van der Waals surface area contributed by atoms with E-state index < -0.39 is 5.97 Å². The zero-order chi connectivity index (χ0) is 13.7. The Morgan fingerprint density at radius 1 is 1.32 bits per heavy atom. The number of benzene rings is 1. The molecular weight excluding hydrogens is 242 g/mol. The number of anilines is 1. The maximum absolute atomic E-state index is 10.5. The largest absolute Gasteiger partial charge is 0.480 e. The standard InChI is InChI=1S/C14H21N3O2/c1-16-5-7-17(8-6-16)11-12-3-2-4-13(9-12)15-10-14(18)19/h2-4,9,15H,5-8,10-11H2,1H3,(H,18,19). The molecule has 1 aliphatic heterocycles. The van der Waals surface area contributed by atoms with Gasteiger partial charge in [-0.1, -0.05) is 12.1 Å². The second kappa shape index (κ2) is 6.54. The average molecular weight is 263 g/mol. The van der Waals surface area contributed by atoms with Gasteiger partial charge in [0.15, 0.2) is 0 Å². The van der Waals surface area contributed by atoms with Crippen molar-refractivity contribution in [1.29, 1.82) is 0 Å². The summed E-state index contributed by atoms with van der Waals surface area (Å²) in [6.07, 6.45) is 0. The van der Waals surface area contributed by atoms with Crippen molar-refractivity contribution < 1.29 is 9.90 Å². The Balaban J connectivity index is 1.89. The summed E-state index contributed by atoms with van der Waals surface area (Å²) in [6, 6.07) is 7.98. The number of aliphatic carboxylic acids is 1. The first-order valence-electron chi connectivity index (χ1n) is 6.59. The lowest BCUT2D eigenvalue weighted by Crippen LogP contribution is -2.43. The van der Waals surface area contributed by atoms with Crippen LogP contribution in [0.4, 0.5) is 5.69 Å². The summed E-state index contributed by atoms with van der Waals surface area (Å²) in [4.78, 5) is 15.3. The Bertz CT molecular complexity index is 428. The van der Waals surface area contributed by atoms with Crippen molar-refractivity contribution in [2.45, 2.75) is 6.54 Å². The van der Waals surface area contributed by atoms with E-state index in [2.05, 4.69) is 28.2 Å². The van der Waals surface area contributed by atoms with Gasteiger partial charge in [0.25, 0.3) is 0 Å². The van der Waals surface area contributed by atoms with Gasteiger partial charge in [-0.3, -0.25) is 9.69 Å². The van der Waals surface area contributed by atoms with Crippen LogP contribution < -0.4 is 5.32 Å². The van der Waals surface area contributed by atoms with E-state index in [4.69, 9.17) is 5.11 Å². The third kappa shape index (κ3) is 4.54. The SMILES string of the molecule is CN1CCN(Cc2cccc(NCC(=O)O)c2)CC1. The molecule has 1 saturated heterocycles. The number of nitrogens with one attached hydrogen (secondary N) is 1. The highest BCUT2D eigenvalue weighted by molar-refractivity contribution is 5.72. The van der Waals surface area contributed by atoms with E-state index in [1.54, 1.807) is 0 Å². The lowest BCUT2D eigenvalue weighted by molar-refractivity contribution is -0.134. The van der Waals surface area contributed by atoms with Crippen molar-refractivity contribution in [3.05, 3.63) is 29.8 Å². The van der Waals surface area contributed by atoms with E-state index in [1.807, 2.05) is 18.2 Å². The number of carbonyl (C=O) groups is 1. The van der Waals surface area contributed by atoms with Gasteiger partial charge in [0.05, 0.1) is 0 Å². The van der Waals surface area contributed by atoms with E-state index in [9.17, 15) is 4.79 Å². The first-order chi connectivity index (χ1) is 9.13. The number of carboxylic acids is 1. The fourth-order valence-corrected chi connectivity index (χ4v) is 2.22. The molecule has 0 amide bonds. The number of likely N-dealkylation sites (N-methyl/N-ethyl adjacent to an activating group) is 1. The number of nitrogens with zero attached hydrogens (tertiary/aromatic N) is 2. The quantitative estimate of drug-likeness (QED) is 0.827. The molecule has 0 saturated carbocycles. The third-order valence-corrected chi connectivity index (χ3v) is 3.37. The van der Waals surface area contributed by atoms with Crippen molar-refractivity contribution in [2.24, 2.45) is 0 Å². The van der Waals surface area contributed by atoms with Gasteiger partial charge in [0, 0.05) is 38.4 Å². The van der Waals surface area contributed by atoms with Crippen LogP contribution in [0.5, 0.6) is 0 Å². The van der Waals surface area contributed by atoms with Gasteiger partial charge in [0.2, 0.25) is 0 Å². The molecule has 5 heteroatoms. The molecule has 0 unspecified atom stereocenters. The van der Waals surface area contributed by atoms with Crippen LogP contribution in [0.2, 0.25) is 0 Å². The van der Waals surface area contributed by atoms with E-state index in [0.717, 1.165) is 38.4 Å². The number of hydrogen-bond acceptors (Lipinski definition) is 4. The zero-order valence-corrected chi connectivity index (χ0v) is 11.3. The monoisotopic (exact) mass is 263 g/mol. The predicted molar refractivity (Wildman–Crippen MR) is 75.3 cm³/mol. The van der Waals surface area contributed by atoms with E-state index in [0.29, 0.717) is 0 Å². The third-order valence-electron chi connectivity index (χ3n) is 3.37. The topological polar surface area (TPSA) is 55.8 Å². The van der Waals surface area contributed by atoms with Gasteiger partial charge >= 0.3 is 5.97 Å². The predicted octanol–water partition coefficient (Wildman–Crippen LogP) is 0.930. The lowest BCUT2D eigenvalue weighted by atomic mass is 10.1. The summed E-state index contributed by atoms with van der Waals surface area (Å²) in [5.74, 6) is -0.843. The Labute approximate surface area is 113 Å². The van der Waals surface area contributed by atoms with Gasteiger partial charge in [0.1, 0.15) is 6.54 Å². The molecule has 0 radical (unpaired) electrons. The Kier molecular flexibility index (Phi) is 4.76. The molecule has 1 heterocycles. The van der Waals surface area contributed by atoms with Gasteiger partial charge < -0.3 is 15.3 Å². The lowest BCUT2D eigenvalue weighted by Gasteiger charge is -2.32. The Hall–Kier alpha value is -1.59. The van der Waals surface area contributed by atoms with Gasteiger partial charge in [-0.2, -0.15) is 0 Å². The van der Waals surface area contributed by atoms with E-state index in [1.165, 1.54) is 5.56 Å². The minimum atomic E-state index is -0.843. The summed E-state index contributed by atoms with van der Waals surface area (Å²) in [6.45, 7) is 5.27. The van der Waals surface area contributed by atoms with Crippen molar-refractivity contribution in [3.8, 4) is 0 Å². The maximum atomic E-state index is 10.5. The zero-order valence-electron chi connectivity index (χ0n) is 11.3. The molecule has 1 fully saturated rings. The first kappa shape index (κ1) is 13.8. The molecule has 1 aromatic rings. The maximum Gasteiger partial charge on any atom is 0.322 e. The number of hydrogen-bond donors (Lipinski definition) is 2. The van der Waals surface area contributed by atoms with Crippen LogP contribution in [0.25, 0.3) is 0 Å². The van der Waals surface area contributed by atoms with Crippen LogP contribution in [0.3, 0.4) is 0 Å². The highest BCUT2D eigenvalue weighted by atomic mass is 16.4. The molecule has 2 N–H and O–H groups in total. The average Bonchev–Trinajstić information content (AvgIpc) is 2.40. The van der Waals surface area contributed by atoms with Crippen LogP contribution >= 0.6 is 0 Å². The summed E-state index contributed by atoms with van der Waals surface area (Å²) in [7, 11) is 2.15. The molecule has 1 aliphatic rings.